The highest BCUT2D eigenvalue weighted by atomic mass is 32.1. The van der Waals surface area contributed by atoms with Crippen LogP contribution in [0.1, 0.15) is 105 Å². The number of rotatable bonds is 17. The molecule has 0 aromatic carbocycles. The van der Waals surface area contributed by atoms with E-state index in [2.05, 4.69) is 25.5 Å². The van der Waals surface area contributed by atoms with Gasteiger partial charge in [-0.15, -0.1) is 22.7 Å². The minimum atomic E-state index is -0.953. The van der Waals surface area contributed by atoms with E-state index in [4.69, 9.17) is 4.74 Å². The predicted molar refractivity (Wildman–Crippen MR) is 191 cm³/mol. The molecule has 3 amide bonds. The van der Waals surface area contributed by atoms with E-state index in [0.717, 1.165) is 49.4 Å². The average molecular weight is 733 g/mol. The fraction of sp³-hybridized carbons (Fsp3) is 0.686. The Hall–Kier alpha value is -3.43. The molecule has 2 aliphatic rings. The molecule has 15 heteroatoms. The minimum absolute atomic E-state index is 0.0312. The number of nitrogens with one attached hydrogen (secondary N) is 2. The Bertz CT molecular complexity index is 1510. The third kappa shape index (κ3) is 10.8. The van der Waals surface area contributed by atoms with Crippen LogP contribution in [0.4, 0.5) is 0 Å². The zero-order valence-corrected chi connectivity index (χ0v) is 31.8. The second-order valence-electron chi connectivity index (χ2n) is 14.2. The first-order chi connectivity index (χ1) is 23.6. The van der Waals surface area contributed by atoms with Gasteiger partial charge in [0, 0.05) is 55.4 Å². The van der Waals surface area contributed by atoms with Crippen molar-refractivity contribution < 1.29 is 33.8 Å². The molecule has 13 nitrogen and oxygen atoms in total. The smallest absolute Gasteiger partial charge is 0.306 e. The van der Waals surface area contributed by atoms with Crippen molar-refractivity contribution >= 4 is 52.3 Å². The van der Waals surface area contributed by atoms with Crippen LogP contribution in [0.25, 0.3) is 0 Å². The number of likely N-dealkylation sites (N-methyl/N-ethyl adjacent to an activating group) is 2. The number of carboxylic acid groups (broad SMARTS) is 1. The number of esters is 1. The minimum Gasteiger partial charge on any atom is -0.481 e. The fourth-order valence-corrected chi connectivity index (χ4v) is 8.27. The Morgan fingerprint density at radius 3 is 2.34 bits per heavy atom. The third-order valence-electron chi connectivity index (χ3n) is 9.62. The summed E-state index contributed by atoms with van der Waals surface area (Å²) in [6.07, 6.45) is 4.55. The van der Waals surface area contributed by atoms with Crippen molar-refractivity contribution in [1.29, 1.82) is 0 Å². The molecule has 3 heterocycles. The number of nitrogens with zero attached hydrogens (tertiary/aromatic N) is 4. The van der Waals surface area contributed by atoms with E-state index in [9.17, 15) is 29.1 Å². The highest BCUT2D eigenvalue weighted by Gasteiger charge is 2.42. The largest absolute Gasteiger partial charge is 0.481 e. The summed E-state index contributed by atoms with van der Waals surface area (Å²) >= 11 is 2.64. The molecule has 2 aromatic rings. The van der Waals surface area contributed by atoms with E-state index in [1.165, 1.54) is 29.6 Å². The average Bonchev–Trinajstić information content (AvgIpc) is 3.62. The number of ether oxygens (including phenoxy) is 1. The molecule has 3 N–H and O–H groups in total. The van der Waals surface area contributed by atoms with E-state index in [0.29, 0.717) is 11.4 Å². The number of carbonyl (C=O) groups is 5. The number of thiazole rings is 2. The van der Waals surface area contributed by atoms with Crippen molar-refractivity contribution in [3.63, 3.8) is 0 Å². The van der Waals surface area contributed by atoms with Crippen LogP contribution in [0.3, 0.4) is 0 Å². The first kappa shape index (κ1) is 39.4. The quantitative estimate of drug-likeness (QED) is 0.200. The van der Waals surface area contributed by atoms with Crippen molar-refractivity contribution in [3.05, 3.63) is 32.2 Å². The van der Waals surface area contributed by atoms with E-state index < -0.39 is 42.0 Å². The van der Waals surface area contributed by atoms with Crippen molar-refractivity contribution in [1.82, 2.24) is 30.4 Å². The van der Waals surface area contributed by atoms with E-state index in [-0.39, 0.29) is 54.3 Å². The van der Waals surface area contributed by atoms with Gasteiger partial charge in [-0.2, -0.15) is 0 Å². The van der Waals surface area contributed by atoms with Crippen LogP contribution in [-0.2, 0) is 30.3 Å². The number of carbonyl (C=O) groups excluding carboxylic acids is 4. The summed E-state index contributed by atoms with van der Waals surface area (Å²) in [4.78, 5) is 77.5. The molecule has 4 rings (SSSR count). The summed E-state index contributed by atoms with van der Waals surface area (Å²) in [5.74, 6) is -2.85. The van der Waals surface area contributed by atoms with Gasteiger partial charge in [0.25, 0.3) is 5.91 Å². The number of hydrogen-bond acceptors (Lipinski definition) is 11. The Kier molecular flexibility index (Phi) is 13.9. The Labute approximate surface area is 302 Å². The maximum atomic E-state index is 14.0. The number of aryl methyl sites for hydroxylation is 1. The monoisotopic (exact) mass is 732 g/mol. The topological polar surface area (TPSA) is 171 Å². The molecule has 50 heavy (non-hydrogen) atoms. The van der Waals surface area contributed by atoms with E-state index >= 15 is 0 Å². The Balaban J connectivity index is 1.48. The SMILES string of the molecule is CC(=O)O[C@H](C[C@H](C(C)C)N(C)C(=O)[C@@H](NC(=O)[C@H]1CCCCN1C)C1CC1)c1nc(C(=O)N[C@@H](Cc2nc(C)cs2)C[C@H](C)C(=O)O)cs1. The summed E-state index contributed by atoms with van der Waals surface area (Å²) in [6, 6.07) is -1.73. The van der Waals surface area contributed by atoms with Gasteiger partial charge in [0.05, 0.1) is 17.0 Å². The number of amides is 3. The molecule has 1 saturated carbocycles. The molecule has 2 aromatic heterocycles. The molecule has 276 valence electrons. The summed E-state index contributed by atoms with van der Waals surface area (Å²) in [6.45, 7) is 9.62. The van der Waals surface area contributed by atoms with Crippen LogP contribution >= 0.6 is 22.7 Å². The molecule has 0 bridgehead atoms. The van der Waals surface area contributed by atoms with Crippen molar-refractivity contribution in [2.24, 2.45) is 17.8 Å². The summed E-state index contributed by atoms with van der Waals surface area (Å²) in [5.41, 5.74) is 0.981. The van der Waals surface area contributed by atoms with Crippen LogP contribution in [-0.4, -0.2) is 99.3 Å². The zero-order chi connectivity index (χ0) is 36.7. The van der Waals surface area contributed by atoms with Crippen molar-refractivity contribution in [2.45, 2.75) is 116 Å². The van der Waals surface area contributed by atoms with E-state index in [1.54, 1.807) is 24.3 Å². The maximum absolute atomic E-state index is 14.0. The lowest BCUT2D eigenvalue weighted by Gasteiger charge is -2.37. The van der Waals surface area contributed by atoms with E-state index in [1.807, 2.05) is 33.2 Å². The number of hydrogen-bond donors (Lipinski definition) is 3. The molecule has 1 aliphatic carbocycles. The maximum Gasteiger partial charge on any atom is 0.306 e. The van der Waals surface area contributed by atoms with Gasteiger partial charge < -0.3 is 25.4 Å². The lowest BCUT2D eigenvalue weighted by atomic mass is 9.95. The number of carboxylic acids is 1. The number of aromatic nitrogens is 2. The highest BCUT2D eigenvalue weighted by molar-refractivity contribution is 7.10. The van der Waals surface area contributed by atoms with Gasteiger partial charge in [-0.25, -0.2) is 9.97 Å². The summed E-state index contributed by atoms with van der Waals surface area (Å²) in [7, 11) is 3.68. The second kappa shape index (κ2) is 17.7. The van der Waals surface area contributed by atoms with Gasteiger partial charge in [-0.05, 0) is 64.5 Å². The highest BCUT2D eigenvalue weighted by Crippen LogP contribution is 2.36. The predicted octanol–water partition coefficient (Wildman–Crippen LogP) is 4.22. The van der Waals surface area contributed by atoms with Gasteiger partial charge in [0.2, 0.25) is 11.8 Å². The first-order valence-electron chi connectivity index (χ1n) is 17.5. The Morgan fingerprint density at radius 2 is 1.76 bits per heavy atom. The summed E-state index contributed by atoms with van der Waals surface area (Å²) in [5, 5.41) is 20.2. The van der Waals surface area contributed by atoms with Crippen molar-refractivity contribution in [3.8, 4) is 0 Å². The second-order valence-corrected chi connectivity index (χ2v) is 16.0. The van der Waals surface area contributed by atoms with Gasteiger partial charge in [-0.3, -0.25) is 28.9 Å². The number of likely N-dealkylation sites (tertiary alicyclic amines) is 1. The molecule has 1 saturated heterocycles. The van der Waals surface area contributed by atoms with Crippen LogP contribution in [0.5, 0.6) is 0 Å². The zero-order valence-electron chi connectivity index (χ0n) is 30.1. The molecular weight excluding hydrogens is 681 g/mol. The van der Waals surface area contributed by atoms with Crippen LogP contribution < -0.4 is 10.6 Å². The molecule has 0 spiro atoms. The van der Waals surface area contributed by atoms with Crippen LogP contribution in [0, 0.1) is 24.7 Å². The number of piperidine rings is 1. The molecule has 1 aliphatic heterocycles. The van der Waals surface area contributed by atoms with Gasteiger partial charge in [0.1, 0.15) is 16.7 Å². The lowest BCUT2D eigenvalue weighted by Crippen LogP contribution is -2.56. The normalized spacial score (nSPS) is 19.6. The Morgan fingerprint density at radius 1 is 1.04 bits per heavy atom. The molecule has 0 unspecified atom stereocenters. The van der Waals surface area contributed by atoms with Gasteiger partial charge >= 0.3 is 11.9 Å². The lowest BCUT2D eigenvalue weighted by molar-refractivity contribution is -0.149. The van der Waals surface area contributed by atoms with Gasteiger partial charge in [-0.1, -0.05) is 27.2 Å². The van der Waals surface area contributed by atoms with Crippen molar-refractivity contribution in [2.75, 3.05) is 20.6 Å². The standard InChI is InChI=1S/C35H52N6O7S2/c1-19(2)27(41(7)34(45)30(23-11-12-23)39-32(44)26-10-8-9-13-40(26)6)16-28(48-22(5)42)33-38-25(18-50-33)31(43)37-24(14-20(3)35(46)47)15-29-36-21(4)17-49-29/h17-20,23-24,26-28,30H,8-16H2,1-7H3,(H,37,43)(H,39,44)(H,46,47)/t20-,24+,26+,27+,28+,30-/m0/s1. The first-order valence-corrected chi connectivity index (χ1v) is 19.2. The molecular formula is C35H52N6O7S2. The fourth-order valence-electron chi connectivity index (χ4n) is 6.57. The van der Waals surface area contributed by atoms with Gasteiger partial charge in [0.15, 0.2) is 6.10 Å². The van der Waals surface area contributed by atoms with Crippen LogP contribution in [0.15, 0.2) is 10.8 Å². The third-order valence-corrected chi connectivity index (χ3v) is 11.5. The van der Waals surface area contributed by atoms with Crippen LogP contribution in [0.2, 0.25) is 0 Å². The molecule has 2 fully saturated rings. The molecule has 6 atom stereocenters. The molecule has 0 radical (unpaired) electrons. The number of aliphatic carboxylic acids is 1. The summed E-state index contributed by atoms with van der Waals surface area (Å²) < 4.78 is 5.75.